The average Bonchev–Trinajstić information content (AvgIpc) is 3.60. The Hall–Kier alpha value is -2.00. The van der Waals surface area contributed by atoms with Crippen LogP contribution in [-0.2, 0) is 4.79 Å². The molecule has 2 aromatic carbocycles. The summed E-state index contributed by atoms with van der Waals surface area (Å²) in [4.78, 5) is 30.4. The normalized spacial score (nSPS) is 26.2. The van der Waals surface area contributed by atoms with E-state index in [0.717, 1.165) is 22.9 Å². The largest absolute Gasteiger partial charge is 0.479 e. The number of ketones is 1. The fraction of sp³-hybridized carbons (Fsp3) is 0.391. The van der Waals surface area contributed by atoms with Gasteiger partial charge < -0.3 is 15.3 Å². The molecule has 2 aromatic rings. The molecule has 9 heteroatoms. The van der Waals surface area contributed by atoms with Crippen LogP contribution in [0.5, 0.6) is 0 Å². The Kier molecular flexibility index (Phi) is 5.52. The third-order valence-corrected chi connectivity index (χ3v) is 7.41. The molecule has 3 aliphatic rings. The molecular formula is C23H22BrClFN3O3. The first kappa shape index (κ1) is 21.8. The lowest BCUT2D eigenvalue weighted by atomic mass is 9.80. The van der Waals surface area contributed by atoms with E-state index >= 15 is 0 Å². The summed E-state index contributed by atoms with van der Waals surface area (Å²) in [6.07, 6.45) is 1.67. The number of carbonyl (C=O) groups is 2. The molecule has 2 unspecified atom stereocenters. The molecule has 1 saturated heterocycles. The van der Waals surface area contributed by atoms with E-state index in [1.807, 2.05) is 24.3 Å². The van der Waals surface area contributed by atoms with Gasteiger partial charge in [0, 0.05) is 46.8 Å². The number of hydrogen-bond acceptors (Lipinski definition) is 5. The number of nitrogens with one attached hydrogen (secondary N) is 1. The number of nitrogens with zero attached hydrogens (tertiary/aromatic N) is 2. The minimum Gasteiger partial charge on any atom is -0.479 e. The molecule has 2 atom stereocenters. The van der Waals surface area contributed by atoms with E-state index in [9.17, 15) is 19.1 Å². The van der Waals surface area contributed by atoms with Crippen LogP contribution in [0.2, 0.25) is 5.02 Å². The molecule has 0 bridgehead atoms. The molecule has 2 heterocycles. The molecule has 0 aromatic heterocycles. The number of Topliss-reactive ketones (excluding diaryl/α,β-unsaturated/α-hetero) is 1. The summed E-state index contributed by atoms with van der Waals surface area (Å²) in [6, 6.07) is 9.95. The van der Waals surface area contributed by atoms with Gasteiger partial charge in [-0.2, -0.15) is 0 Å². The predicted molar refractivity (Wildman–Crippen MR) is 123 cm³/mol. The van der Waals surface area contributed by atoms with E-state index in [0.29, 0.717) is 19.6 Å². The lowest BCUT2D eigenvalue weighted by molar-refractivity contribution is -0.150. The van der Waals surface area contributed by atoms with Gasteiger partial charge in [0.1, 0.15) is 5.82 Å². The van der Waals surface area contributed by atoms with E-state index < -0.39 is 23.1 Å². The first-order valence-electron chi connectivity index (χ1n) is 10.6. The van der Waals surface area contributed by atoms with Gasteiger partial charge in [0.2, 0.25) is 5.54 Å². The van der Waals surface area contributed by atoms with Crippen LogP contribution < -0.4 is 10.2 Å². The SMILES string of the molecule is O=C(O)C1(N2CCNCC2c2ccc(Br)cc2)CN(C2CC2)c2c(F)cc(Cl)cc2C1=O. The Balaban J connectivity index is 1.67. The number of carboxylic acids is 1. The molecule has 32 heavy (non-hydrogen) atoms. The molecule has 0 spiro atoms. The highest BCUT2D eigenvalue weighted by Gasteiger charge is 2.59. The molecule has 6 nitrogen and oxygen atoms in total. The molecule has 0 radical (unpaired) electrons. The summed E-state index contributed by atoms with van der Waals surface area (Å²) in [5.41, 5.74) is -0.709. The van der Waals surface area contributed by atoms with Crippen molar-refractivity contribution in [2.24, 2.45) is 0 Å². The molecule has 1 aliphatic carbocycles. The second kappa shape index (κ2) is 8.09. The Morgan fingerprint density at radius 3 is 2.62 bits per heavy atom. The number of benzene rings is 2. The number of carbonyl (C=O) groups excluding carboxylic acids is 1. The van der Waals surface area contributed by atoms with Crippen molar-refractivity contribution in [2.45, 2.75) is 30.5 Å². The van der Waals surface area contributed by atoms with Crippen molar-refractivity contribution < 1.29 is 19.1 Å². The van der Waals surface area contributed by atoms with Crippen molar-refractivity contribution in [1.29, 1.82) is 0 Å². The quantitative estimate of drug-likeness (QED) is 0.594. The van der Waals surface area contributed by atoms with E-state index in [1.165, 1.54) is 12.1 Å². The number of piperazine rings is 1. The zero-order valence-corrected chi connectivity index (χ0v) is 19.5. The highest BCUT2D eigenvalue weighted by molar-refractivity contribution is 9.10. The van der Waals surface area contributed by atoms with E-state index in [2.05, 4.69) is 21.2 Å². The number of fused-ring (bicyclic) bond motifs is 1. The van der Waals surface area contributed by atoms with Crippen molar-refractivity contribution in [1.82, 2.24) is 10.2 Å². The van der Waals surface area contributed by atoms with Crippen molar-refractivity contribution in [3.8, 4) is 0 Å². The van der Waals surface area contributed by atoms with Gasteiger partial charge >= 0.3 is 5.97 Å². The van der Waals surface area contributed by atoms with Crippen LogP contribution >= 0.6 is 27.5 Å². The maximum atomic E-state index is 15.0. The lowest BCUT2D eigenvalue weighted by Crippen LogP contribution is -2.71. The second-order valence-corrected chi connectivity index (χ2v) is 9.95. The predicted octanol–water partition coefficient (Wildman–Crippen LogP) is 3.88. The topological polar surface area (TPSA) is 72.9 Å². The monoisotopic (exact) mass is 521 g/mol. The number of halogens is 3. The van der Waals surface area contributed by atoms with Crippen molar-refractivity contribution >= 4 is 45.0 Å². The van der Waals surface area contributed by atoms with Gasteiger partial charge in [0.15, 0.2) is 5.78 Å². The minimum absolute atomic E-state index is 0.0188. The molecular weight excluding hydrogens is 501 g/mol. The van der Waals surface area contributed by atoms with Gasteiger partial charge in [-0.05, 0) is 42.7 Å². The summed E-state index contributed by atoms with van der Waals surface area (Å²) in [6.45, 7) is 1.33. The van der Waals surface area contributed by atoms with Gasteiger partial charge in [-0.15, -0.1) is 0 Å². The molecule has 0 amide bonds. The first-order valence-corrected chi connectivity index (χ1v) is 11.8. The summed E-state index contributed by atoms with van der Waals surface area (Å²) in [5, 5.41) is 14.0. The van der Waals surface area contributed by atoms with Crippen LogP contribution in [0.25, 0.3) is 0 Å². The van der Waals surface area contributed by atoms with Crippen molar-refractivity contribution in [3.63, 3.8) is 0 Å². The molecule has 1 saturated carbocycles. The Morgan fingerprint density at radius 2 is 1.97 bits per heavy atom. The Labute approximate surface area is 198 Å². The number of hydrogen-bond donors (Lipinski definition) is 2. The molecule has 168 valence electrons. The summed E-state index contributed by atoms with van der Waals surface area (Å²) >= 11 is 9.54. The van der Waals surface area contributed by atoms with Crippen LogP contribution in [0.15, 0.2) is 40.9 Å². The van der Waals surface area contributed by atoms with Crippen LogP contribution in [0.4, 0.5) is 10.1 Å². The summed E-state index contributed by atoms with van der Waals surface area (Å²) in [7, 11) is 0. The third-order valence-electron chi connectivity index (χ3n) is 6.66. The number of anilines is 1. The molecule has 2 N–H and O–H groups in total. The average molecular weight is 523 g/mol. The van der Waals surface area contributed by atoms with E-state index in [-0.39, 0.29) is 34.9 Å². The molecule has 2 aliphatic heterocycles. The molecule has 5 rings (SSSR count). The maximum absolute atomic E-state index is 15.0. The zero-order chi connectivity index (χ0) is 22.6. The van der Waals surface area contributed by atoms with E-state index in [1.54, 1.807) is 9.80 Å². The van der Waals surface area contributed by atoms with Gasteiger partial charge in [-0.1, -0.05) is 39.7 Å². The van der Waals surface area contributed by atoms with Crippen LogP contribution in [0, 0.1) is 5.82 Å². The fourth-order valence-electron chi connectivity index (χ4n) is 5.00. The number of carboxylic acid groups (broad SMARTS) is 1. The smallest absolute Gasteiger partial charge is 0.334 e. The Morgan fingerprint density at radius 1 is 1.25 bits per heavy atom. The minimum atomic E-state index is -1.84. The zero-order valence-electron chi connectivity index (χ0n) is 17.2. The van der Waals surface area contributed by atoms with Crippen LogP contribution in [0.3, 0.4) is 0 Å². The lowest BCUT2D eigenvalue weighted by Gasteiger charge is -2.51. The summed E-state index contributed by atoms with van der Waals surface area (Å²) < 4.78 is 15.9. The first-order chi connectivity index (χ1) is 15.3. The molecule has 2 fully saturated rings. The number of aliphatic carboxylic acids is 1. The summed E-state index contributed by atoms with van der Waals surface area (Å²) in [5.74, 6) is -2.41. The van der Waals surface area contributed by atoms with Gasteiger partial charge in [-0.25, -0.2) is 9.18 Å². The highest BCUT2D eigenvalue weighted by atomic mass is 79.9. The fourth-order valence-corrected chi connectivity index (χ4v) is 5.47. The van der Waals surface area contributed by atoms with Gasteiger partial charge in [0.05, 0.1) is 12.2 Å². The van der Waals surface area contributed by atoms with E-state index in [4.69, 9.17) is 11.6 Å². The highest BCUT2D eigenvalue weighted by Crippen LogP contribution is 2.45. The van der Waals surface area contributed by atoms with Crippen LogP contribution in [0.1, 0.15) is 34.8 Å². The Bertz CT molecular complexity index is 1090. The van der Waals surface area contributed by atoms with Crippen molar-refractivity contribution in [2.75, 3.05) is 31.1 Å². The second-order valence-electron chi connectivity index (χ2n) is 8.60. The standard InChI is InChI=1S/C23H22BrClFN3O3/c24-14-3-1-13(2-4-14)19-11-27-7-8-29(19)23(22(31)32)12-28(16-5-6-16)20-17(21(23)30)9-15(25)10-18(20)26/h1-4,9-10,16,19,27H,5-8,11-12H2,(H,31,32). The third kappa shape index (κ3) is 3.44. The van der Waals surface area contributed by atoms with Gasteiger partial charge in [0.25, 0.3) is 0 Å². The van der Waals surface area contributed by atoms with Crippen LogP contribution in [-0.4, -0.2) is 59.5 Å². The number of rotatable bonds is 4. The van der Waals surface area contributed by atoms with Gasteiger partial charge in [-0.3, -0.25) is 9.69 Å². The van der Waals surface area contributed by atoms with Crippen molar-refractivity contribution in [3.05, 3.63) is 62.8 Å². The maximum Gasteiger partial charge on any atom is 0.334 e.